The predicted octanol–water partition coefficient (Wildman–Crippen LogP) is 1.44. The van der Waals surface area contributed by atoms with E-state index in [1.54, 1.807) is 30.3 Å². The molecule has 6 atom stereocenters. The number of nitrogens with one attached hydrogen (secondary N) is 2. The van der Waals surface area contributed by atoms with Crippen molar-refractivity contribution in [1.29, 1.82) is 5.26 Å². The number of aliphatic hydroxyl groups is 1. The van der Waals surface area contributed by atoms with Crippen LogP contribution in [0.3, 0.4) is 0 Å². The number of hydrogen-bond acceptors (Lipinski definition) is 5. The van der Waals surface area contributed by atoms with Crippen LogP contribution in [0.2, 0.25) is 0 Å². The van der Waals surface area contributed by atoms with Crippen LogP contribution in [0, 0.1) is 23.2 Å². The standard InChI is InChI=1S/C24H28F2N4O4/c1-23(34,15-5-3-2-4-6-15)22(33)30-17-7-8-18(24(25,26)12-17)19(30)21(32)29-16(13-27)11-14-9-10-28-20(14)31/h2-6,14,16-19,34H,7-12H2,1H3,(H,28,31)(H,29,32)/t14-,16+,17-,18-,19-,23-/m0/s1. The summed E-state index contributed by atoms with van der Waals surface area (Å²) in [7, 11) is 0. The first-order valence-electron chi connectivity index (χ1n) is 11.5. The molecule has 3 heterocycles. The van der Waals surface area contributed by atoms with Crippen LogP contribution >= 0.6 is 0 Å². The fraction of sp³-hybridized carbons (Fsp3) is 0.583. The summed E-state index contributed by atoms with van der Waals surface area (Å²) in [6.07, 6.45) is 0.340. The SMILES string of the molecule is C[C@@](O)(C(=O)N1[C@H]2CC[C@@H]([C@H]1C(=O)N[C@@H](C#N)C[C@@H]1CCNC1=O)C(F)(F)C2)c1ccccc1. The highest BCUT2D eigenvalue weighted by atomic mass is 19.3. The molecule has 4 aliphatic rings. The molecule has 4 fully saturated rings. The molecule has 5 rings (SSSR count). The van der Waals surface area contributed by atoms with Gasteiger partial charge >= 0.3 is 0 Å². The minimum atomic E-state index is -3.16. The lowest BCUT2D eigenvalue weighted by Crippen LogP contribution is -2.70. The van der Waals surface area contributed by atoms with Crippen LogP contribution < -0.4 is 10.6 Å². The molecule has 2 bridgehead atoms. The van der Waals surface area contributed by atoms with E-state index in [2.05, 4.69) is 10.6 Å². The molecule has 0 unspecified atom stereocenters. The molecule has 8 nitrogen and oxygen atoms in total. The molecular weight excluding hydrogens is 446 g/mol. The van der Waals surface area contributed by atoms with Gasteiger partial charge in [-0.05, 0) is 38.2 Å². The van der Waals surface area contributed by atoms with Crippen molar-refractivity contribution in [3.05, 3.63) is 35.9 Å². The Labute approximate surface area is 196 Å². The van der Waals surface area contributed by atoms with Crippen LogP contribution in [0.5, 0.6) is 0 Å². The van der Waals surface area contributed by atoms with E-state index in [0.29, 0.717) is 19.4 Å². The van der Waals surface area contributed by atoms with E-state index in [4.69, 9.17) is 0 Å². The maximum atomic E-state index is 14.9. The second-order valence-electron chi connectivity index (χ2n) is 9.60. The number of carbonyl (C=O) groups excluding carboxylic acids is 3. The van der Waals surface area contributed by atoms with E-state index in [0.717, 1.165) is 4.90 Å². The summed E-state index contributed by atoms with van der Waals surface area (Å²) in [6.45, 7) is 1.77. The van der Waals surface area contributed by atoms with Crippen LogP contribution in [0.15, 0.2) is 30.3 Å². The summed E-state index contributed by atoms with van der Waals surface area (Å²) in [4.78, 5) is 39.8. The smallest absolute Gasteiger partial charge is 0.259 e. The van der Waals surface area contributed by atoms with Crippen molar-refractivity contribution in [2.75, 3.05) is 6.54 Å². The molecule has 34 heavy (non-hydrogen) atoms. The quantitative estimate of drug-likeness (QED) is 0.576. The highest BCUT2D eigenvalue weighted by molar-refractivity contribution is 5.93. The Kier molecular flexibility index (Phi) is 6.34. The molecule has 1 aromatic carbocycles. The molecule has 1 aromatic rings. The van der Waals surface area contributed by atoms with Crippen LogP contribution in [0.1, 0.15) is 44.6 Å². The Balaban J connectivity index is 1.60. The zero-order valence-electron chi connectivity index (χ0n) is 18.8. The van der Waals surface area contributed by atoms with Crippen LogP contribution in [0.25, 0.3) is 0 Å². The molecular formula is C24H28F2N4O4. The topological polar surface area (TPSA) is 123 Å². The van der Waals surface area contributed by atoms with E-state index in [-0.39, 0.29) is 24.3 Å². The third kappa shape index (κ3) is 4.25. The normalized spacial score (nSPS) is 30.1. The number of nitriles is 1. The van der Waals surface area contributed by atoms with Gasteiger partial charge in [0.2, 0.25) is 11.8 Å². The zero-order valence-corrected chi connectivity index (χ0v) is 18.8. The minimum Gasteiger partial charge on any atom is -0.376 e. The van der Waals surface area contributed by atoms with Crippen molar-refractivity contribution in [2.24, 2.45) is 11.8 Å². The largest absolute Gasteiger partial charge is 0.376 e. The first-order chi connectivity index (χ1) is 16.1. The predicted molar refractivity (Wildman–Crippen MR) is 116 cm³/mol. The lowest BCUT2D eigenvalue weighted by Gasteiger charge is -2.54. The van der Waals surface area contributed by atoms with Crippen LogP contribution in [-0.2, 0) is 20.0 Å². The van der Waals surface area contributed by atoms with E-state index in [1.807, 2.05) is 6.07 Å². The van der Waals surface area contributed by atoms with Gasteiger partial charge in [-0.2, -0.15) is 5.26 Å². The molecule has 3 saturated heterocycles. The summed E-state index contributed by atoms with van der Waals surface area (Å²) in [5.74, 6) is -6.95. The molecule has 182 valence electrons. The summed E-state index contributed by atoms with van der Waals surface area (Å²) >= 11 is 0. The Morgan fingerprint density at radius 2 is 2.03 bits per heavy atom. The lowest BCUT2D eigenvalue weighted by atomic mass is 9.70. The Morgan fingerprint density at radius 3 is 2.62 bits per heavy atom. The average molecular weight is 475 g/mol. The van der Waals surface area contributed by atoms with Crippen molar-refractivity contribution < 1.29 is 28.3 Å². The highest BCUT2D eigenvalue weighted by Crippen LogP contribution is 2.50. The summed E-state index contributed by atoms with van der Waals surface area (Å²) < 4.78 is 29.7. The van der Waals surface area contributed by atoms with Crippen LogP contribution in [0.4, 0.5) is 8.78 Å². The van der Waals surface area contributed by atoms with Gasteiger partial charge in [0.05, 0.1) is 12.0 Å². The molecule has 0 radical (unpaired) electrons. The van der Waals surface area contributed by atoms with Crippen molar-refractivity contribution in [1.82, 2.24) is 15.5 Å². The number of amides is 3. The van der Waals surface area contributed by atoms with Gasteiger partial charge in [-0.3, -0.25) is 14.4 Å². The lowest BCUT2D eigenvalue weighted by molar-refractivity contribution is -0.203. The number of hydrogen-bond donors (Lipinski definition) is 3. The van der Waals surface area contributed by atoms with Gasteiger partial charge in [-0.25, -0.2) is 8.78 Å². The second kappa shape index (κ2) is 8.95. The molecule has 10 heteroatoms. The Bertz CT molecular complexity index is 1010. The Hall–Kier alpha value is -3.06. The number of piperidine rings is 2. The molecule has 3 amide bonds. The van der Waals surface area contributed by atoms with Gasteiger partial charge in [0.15, 0.2) is 5.60 Å². The minimum absolute atomic E-state index is 0.0509. The number of alkyl halides is 2. The highest BCUT2D eigenvalue weighted by Gasteiger charge is 2.62. The van der Waals surface area contributed by atoms with Gasteiger partial charge in [0.1, 0.15) is 12.1 Å². The van der Waals surface area contributed by atoms with Crippen molar-refractivity contribution in [3.63, 3.8) is 0 Å². The number of nitrogens with zero attached hydrogens (tertiary/aromatic N) is 2. The van der Waals surface area contributed by atoms with Gasteiger partial charge in [-0.1, -0.05) is 30.3 Å². The number of fused-ring (bicyclic) bond motifs is 3. The summed E-state index contributed by atoms with van der Waals surface area (Å²) in [6, 6.07) is 6.55. The molecule has 3 N–H and O–H groups in total. The molecule has 0 aromatic heterocycles. The van der Waals surface area contributed by atoms with Crippen molar-refractivity contribution >= 4 is 17.7 Å². The number of benzene rings is 1. The van der Waals surface area contributed by atoms with Gasteiger partial charge in [0.25, 0.3) is 11.8 Å². The van der Waals surface area contributed by atoms with Crippen LogP contribution in [-0.4, -0.2) is 58.3 Å². The third-order valence-corrected chi connectivity index (χ3v) is 7.35. The molecule has 1 saturated carbocycles. The van der Waals surface area contributed by atoms with E-state index >= 15 is 0 Å². The second-order valence-corrected chi connectivity index (χ2v) is 9.60. The average Bonchev–Trinajstić information content (AvgIpc) is 3.21. The zero-order chi connectivity index (χ0) is 24.7. The molecule has 1 aliphatic carbocycles. The van der Waals surface area contributed by atoms with Crippen molar-refractivity contribution in [2.45, 2.75) is 68.7 Å². The van der Waals surface area contributed by atoms with Gasteiger partial charge in [0, 0.05) is 24.9 Å². The molecule has 0 spiro atoms. The first kappa shape index (κ1) is 24.1. The third-order valence-electron chi connectivity index (χ3n) is 7.35. The fourth-order valence-electron chi connectivity index (χ4n) is 5.49. The van der Waals surface area contributed by atoms with Gasteiger partial charge in [-0.15, -0.1) is 0 Å². The maximum absolute atomic E-state index is 14.9. The molecule has 3 aliphatic heterocycles. The number of rotatable bonds is 6. The van der Waals surface area contributed by atoms with E-state index < -0.39 is 59.7 Å². The summed E-state index contributed by atoms with van der Waals surface area (Å²) in [5.41, 5.74) is -1.74. The Morgan fingerprint density at radius 1 is 1.32 bits per heavy atom. The number of carbonyl (C=O) groups is 3. The monoisotopic (exact) mass is 474 g/mol. The van der Waals surface area contributed by atoms with E-state index in [1.165, 1.54) is 6.92 Å². The number of halogens is 2. The van der Waals surface area contributed by atoms with Crippen molar-refractivity contribution in [3.8, 4) is 6.07 Å². The van der Waals surface area contributed by atoms with Gasteiger partial charge < -0.3 is 20.6 Å². The fourth-order valence-corrected chi connectivity index (χ4v) is 5.49. The van der Waals surface area contributed by atoms with E-state index in [9.17, 15) is 33.5 Å². The summed E-state index contributed by atoms with van der Waals surface area (Å²) in [5, 5.41) is 25.8. The maximum Gasteiger partial charge on any atom is 0.259 e. The first-order valence-corrected chi connectivity index (χ1v) is 11.5.